The van der Waals surface area contributed by atoms with E-state index in [4.69, 9.17) is 23.2 Å². The molecule has 2 rings (SSSR count). The Bertz CT molecular complexity index is 644. The number of nitrogens with one attached hydrogen (secondary N) is 2. The van der Waals surface area contributed by atoms with Gasteiger partial charge in [-0.2, -0.15) is 0 Å². The Hall–Kier alpha value is -1.30. The zero-order chi connectivity index (χ0) is 19.3. The van der Waals surface area contributed by atoms with Crippen molar-refractivity contribution in [2.45, 2.75) is 45.7 Å². The van der Waals surface area contributed by atoms with E-state index in [0.29, 0.717) is 10.6 Å². The van der Waals surface area contributed by atoms with Crippen LogP contribution < -0.4 is 10.6 Å². The molecule has 0 bridgehead atoms. The summed E-state index contributed by atoms with van der Waals surface area (Å²) < 4.78 is 0. The van der Waals surface area contributed by atoms with Crippen LogP contribution in [0.2, 0.25) is 10.0 Å². The molecule has 0 saturated carbocycles. The average Bonchev–Trinajstić information content (AvgIpc) is 2.59. The van der Waals surface area contributed by atoms with E-state index in [1.165, 1.54) is 6.07 Å². The first kappa shape index (κ1) is 21.0. The molecule has 1 fully saturated rings. The largest absolute Gasteiger partial charge is 0.351 e. The molecule has 2 amide bonds. The molecular weight excluding hydrogens is 373 g/mol. The molecule has 1 aliphatic rings. The molecule has 1 aromatic carbocycles. The van der Waals surface area contributed by atoms with Crippen molar-refractivity contribution in [1.29, 1.82) is 0 Å². The minimum atomic E-state index is -0.613. The standard InChI is InChI=1S/C19H27Cl2N3O2/c1-4-24-9-7-14(8-10-24)22-19(26)17(12(2)3)23-18(25)15-6-5-13(20)11-16(15)21/h5-6,11-12,14,17H,4,7-10H2,1-3H3,(H,22,26)(H,23,25)/t17-/m0/s1. The van der Waals surface area contributed by atoms with Gasteiger partial charge in [-0.05, 0) is 43.5 Å². The number of amides is 2. The van der Waals surface area contributed by atoms with Gasteiger partial charge >= 0.3 is 0 Å². The Labute approximate surface area is 165 Å². The van der Waals surface area contributed by atoms with Gasteiger partial charge in [-0.15, -0.1) is 0 Å². The molecule has 1 aliphatic heterocycles. The van der Waals surface area contributed by atoms with Crippen molar-refractivity contribution < 1.29 is 9.59 Å². The third kappa shape index (κ3) is 5.60. The van der Waals surface area contributed by atoms with Gasteiger partial charge in [0.05, 0.1) is 10.6 Å². The minimum absolute atomic E-state index is 0.0410. The van der Waals surface area contributed by atoms with Crippen molar-refractivity contribution in [2.24, 2.45) is 5.92 Å². The number of piperidine rings is 1. The third-order valence-corrected chi connectivity index (χ3v) is 5.34. The van der Waals surface area contributed by atoms with E-state index < -0.39 is 6.04 Å². The van der Waals surface area contributed by atoms with E-state index in [0.717, 1.165) is 32.5 Å². The molecule has 0 spiro atoms. The second kappa shape index (κ2) is 9.58. The van der Waals surface area contributed by atoms with Crippen LogP contribution in [0.4, 0.5) is 0 Å². The molecule has 0 aromatic heterocycles. The lowest BCUT2D eigenvalue weighted by Crippen LogP contribution is -2.54. The Kier molecular flexibility index (Phi) is 7.74. The Morgan fingerprint density at radius 2 is 1.88 bits per heavy atom. The molecule has 7 heteroatoms. The van der Waals surface area contributed by atoms with Gasteiger partial charge in [-0.3, -0.25) is 9.59 Å². The van der Waals surface area contributed by atoms with E-state index in [9.17, 15) is 9.59 Å². The number of halogens is 2. The molecule has 1 heterocycles. The van der Waals surface area contributed by atoms with Gasteiger partial charge in [-0.1, -0.05) is 44.0 Å². The van der Waals surface area contributed by atoms with Gasteiger partial charge in [0, 0.05) is 24.2 Å². The predicted molar refractivity (Wildman–Crippen MR) is 106 cm³/mol. The first-order valence-electron chi connectivity index (χ1n) is 9.10. The monoisotopic (exact) mass is 399 g/mol. The lowest BCUT2D eigenvalue weighted by atomic mass is 10.00. The van der Waals surface area contributed by atoms with Gasteiger partial charge in [-0.25, -0.2) is 0 Å². The number of carbonyl (C=O) groups is 2. The highest BCUT2D eigenvalue weighted by atomic mass is 35.5. The van der Waals surface area contributed by atoms with Crippen molar-refractivity contribution in [3.63, 3.8) is 0 Å². The average molecular weight is 400 g/mol. The molecule has 1 atom stereocenters. The summed E-state index contributed by atoms with van der Waals surface area (Å²) in [5, 5.41) is 6.63. The number of nitrogens with zero attached hydrogens (tertiary/aromatic N) is 1. The lowest BCUT2D eigenvalue weighted by molar-refractivity contribution is -0.125. The molecular formula is C19H27Cl2N3O2. The maximum atomic E-state index is 12.7. The highest BCUT2D eigenvalue weighted by molar-refractivity contribution is 6.36. The summed E-state index contributed by atoms with van der Waals surface area (Å²) in [6.45, 7) is 8.97. The van der Waals surface area contributed by atoms with Crippen LogP contribution in [-0.4, -0.2) is 48.4 Å². The van der Waals surface area contributed by atoms with Crippen molar-refractivity contribution in [2.75, 3.05) is 19.6 Å². The SMILES string of the molecule is CCN1CCC(NC(=O)[C@@H](NC(=O)c2ccc(Cl)cc2Cl)C(C)C)CC1. The number of hydrogen-bond acceptors (Lipinski definition) is 3. The Morgan fingerprint density at radius 1 is 1.23 bits per heavy atom. The van der Waals surface area contributed by atoms with Crippen LogP contribution in [0.1, 0.15) is 44.0 Å². The molecule has 26 heavy (non-hydrogen) atoms. The third-order valence-electron chi connectivity index (χ3n) is 4.79. The van der Waals surface area contributed by atoms with Crippen LogP contribution in [0.15, 0.2) is 18.2 Å². The summed E-state index contributed by atoms with van der Waals surface area (Å²) in [6.07, 6.45) is 1.86. The summed E-state index contributed by atoms with van der Waals surface area (Å²) in [5.41, 5.74) is 0.311. The highest BCUT2D eigenvalue weighted by Gasteiger charge is 2.28. The van der Waals surface area contributed by atoms with Crippen LogP contribution >= 0.6 is 23.2 Å². The molecule has 5 nitrogen and oxygen atoms in total. The normalized spacial score (nSPS) is 17.2. The summed E-state index contributed by atoms with van der Waals surface area (Å²) >= 11 is 12.0. The lowest BCUT2D eigenvalue weighted by Gasteiger charge is -2.33. The van der Waals surface area contributed by atoms with Crippen LogP contribution in [-0.2, 0) is 4.79 Å². The number of benzene rings is 1. The number of hydrogen-bond donors (Lipinski definition) is 2. The first-order valence-corrected chi connectivity index (χ1v) is 9.86. The molecule has 0 unspecified atom stereocenters. The topological polar surface area (TPSA) is 61.4 Å². The molecule has 0 aliphatic carbocycles. The van der Waals surface area contributed by atoms with E-state index in [1.54, 1.807) is 12.1 Å². The number of likely N-dealkylation sites (tertiary alicyclic amines) is 1. The van der Waals surface area contributed by atoms with Gasteiger partial charge in [0.2, 0.25) is 5.91 Å². The Morgan fingerprint density at radius 3 is 2.42 bits per heavy atom. The van der Waals surface area contributed by atoms with Crippen molar-refractivity contribution >= 4 is 35.0 Å². The van der Waals surface area contributed by atoms with Gasteiger partial charge in [0.15, 0.2) is 0 Å². The quantitative estimate of drug-likeness (QED) is 0.770. The molecule has 1 saturated heterocycles. The zero-order valence-electron chi connectivity index (χ0n) is 15.5. The maximum Gasteiger partial charge on any atom is 0.253 e. The van der Waals surface area contributed by atoms with Crippen LogP contribution in [0.25, 0.3) is 0 Å². The summed E-state index contributed by atoms with van der Waals surface area (Å²) in [4.78, 5) is 27.6. The molecule has 144 valence electrons. The highest BCUT2D eigenvalue weighted by Crippen LogP contribution is 2.21. The summed E-state index contributed by atoms with van der Waals surface area (Å²) in [7, 11) is 0. The Balaban J connectivity index is 1.99. The summed E-state index contributed by atoms with van der Waals surface area (Å²) in [5.74, 6) is -0.560. The molecule has 1 aromatic rings. The smallest absolute Gasteiger partial charge is 0.253 e. The fourth-order valence-corrected chi connectivity index (χ4v) is 3.61. The first-order chi connectivity index (χ1) is 12.3. The zero-order valence-corrected chi connectivity index (χ0v) is 17.0. The number of rotatable bonds is 6. The van der Waals surface area contributed by atoms with E-state index in [-0.39, 0.29) is 28.8 Å². The maximum absolute atomic E-state index is 12.7. The molecule has 2 N–H and O–H groups in total. The van der Waals surface area contributed by atoms with E-state index in [1.807, 2.05) is 13.8 Å². The van der Waals surface area contributed by atoms with E-state index in [2.05, 4.69) is 22.5 Å². The second-order valence-electron chi connectivity index (χ2n) is 7.04. The minimum Gasteiger partial charge on any atom is -0.351 e. The second-order valence-corrected chi connectivity index (χ2v) is 7.88. The predicted octanol–water partition coefficient (Wildman–Crippen LogP) is 3.35. The van der Waals surface area contributed by atoms with Crippen molar-refractivity contribution in [1.82, 2.24) is 15.5 Å². The van der Waals surface area contributed by atoms with Crippen LogP contribution in [0.3, 0.4) is 0 Å². The summed E-state index contributed by atoms with van der Waals surface area (Å²) in [6, 6.07) is 4.23. The van der Waals surface area contributed by atoms with Crippen LogP contribution in [0.5, 0.6) is 0 Å². The molecule has 0 radical (unpaired) electrons. The number of carbonyl (C=O) groups excluding carboxylic acids is 2. The van der Waals surface area contributed by atoms with Gasteiger partial charge < -0.3 is 15.5 Å². The van der Waals surface area contributed by atoms with Gasteiger partial charge in [0.25, 0.3) is 5.91 Å². The van der Waals surface area contributed by atoms with E-state index >= 15 is 0 Å². The van der Waals surface area contributed by atoms with Gasteiger partial charge in [0.1, 0.15) is 6.04 Å². The van der Waals surface area contributed by atoms with Crippen LogP contribution in [0, 0.1) is 5.92 Å². The fraction of sp³-hybridized carbons (Fsp3) is 0.579. The van der Waals surface area contributed by atoms with Crippen molar-refractivity contribution in [3.05, 3.63) is 33.8 Å². The fourth-order valence-electron chi connectivity index (χ4n) is 3.11. The van der Waals surface area contributed by atoms with Crippen molar-refractivity contribution in [3.8, 4) is 0 Å².